The number of carbonyl (C=O) groups excluding carboxylic acids is 1. The molecule has 0 fully saturated rings. The van der Waals surface area contributed by atoms with E-state index in [4.69, 9.17) is 4.74 Å². The first-order chi connectivity index (χ1) is 11.5. The molecule has 0 aliphatic rings. The number of benzene rings is 1. The van der Waals surface area contributed by atoms with Crippen molar-refractivity contribution in [3.05, 3.63) is 53.6 Å². The van der Waals surface area contributed by atoms with Crippen molar-refractivity contribution in [3.63, 3.8) is 0 Å². The SMILES string of the molecule is Cc1ccnc2nc(C(=O)NCc3ccc(OC(C)C)cc3)nn12. The van der Waals surface area contributed by atoms with Gasteiger partial charge in [-0.05, 0) is 44.5 Å². The highest BCUT2D eigenvalue weighted by Gasteiger charge is 2.14. The number of aromatic nitrogens is 4. The molecule has 0 saturated heterocycles. The van der Waals surface area contributed by atoms with Crippen LogP contribution in [0.1, 0.15) is 35.7 Å². The zero-order chi connectivity index (χ0) is 17.1. The minimum absolute atomic E-state index is 0.108. The van der Waals surface area contributed by atoms with Crippen molar-refractivity contribution in [3.8, 4) is 5.75 Å². The molecule has 0 aliphatic heterocycles. The van der Waals surface area contributed by atoms with Crippen LogP contribution in [0.4, 0.5) is 0 Å². The maximum atomic E-state index is 12.2. The standard InChI is InChI=1S/C17H19N5O2/c1-11(2)24-14-6-4-13(5-7-14)10-19-16(23)15-20-17-18-9-8-12(3)22(17)21-15/h4-9,11H,10H2,1-3H3,(H,19,23). The summed E-state index contributed by atoms with van der Waals surface area (Å²) in [5, 5.41) is 6.99. The average Bonchev–Trinajstić information content (AvgIpc) is 2.99. The van der Waals surface area contributed by atoms with Gasteiger partial charge in [-0.2, -0.15) is 4.98 Å². The van der Waals surface area contributed by atoms with Gasteiger partial charge < -0.3 is 10.1 Å². The molecule has 2 aromatic heterocycles. The van der Waals surface area contributed by atoms with Crippen molar-refractivity contribution in [2.45, 2.75) is 33.4 Å². The van der Waals surface area contributed by atoms with E-state index in [0.717, 1.165) is 17.0 Å². The van der Waals surface area contributed by atoms with Crippen molar-refractivity contribution in [1.29, 1.82) is 0 Å². The van der Waals surface area contributed by atoms with Crippen LogP contribution in [-0.2, 0) is 6.54 Å². The Morgan fingerprint density at radius 1 is 1.25 bits per heavy atom. The smallest absolute Gasteiger partial charge is 0.291 e. The third-order valence-corrected chi connectivity index (χ3v) is 3.38. The first kappa shape index (κ1) is 15.9. The minimum atomic E-state index is -0.331. The van der Waals surface area contributed by atoms with Gasteiger partial charge in [0.15, 0.2) is 0 Å². The molecule has 2 heterocycles. The summed E-state index contributed by atoms with van der Waals surface area (Å²) in [6.45, 7) is 6.23. The molecule has 1 N–H and O–H groups in total. The number of nitrogens with one attached hydrogen (secondary N) is 1. The molecule has 1 aromatic carbocycles. The summed E-state index contributed by atoms with van der Waals surface area (Å²) >= 11 is 0. The fourth-order valence-electron chi connectivity index (χ4n) is 2.22. The summed E-state index contributed by atoms with van der Waals surface area (Å²) in [6.07, 6.45) is 1.77. The van der Waals surface area contributed by atoms with Gasteiger partial charge in [0.25, 0.3) is 11.7 Å². The van der Waals surface area contributed by atoms with Crippen LogP contribution < -0.4 is 10.1 Å². The molecule has 3 rings (SSSR count). The molecular formula is C17H19N5O2. The van der Waals surface area contributed by atoms with Gasteiger partial charge >= 0.3 is 0 Å². The molecule has 7 heteroatoms. The maximum absolute atomic E-state index is 12.2. The van der Waals surface area contributed by atoms with Crippen LogP contribution in [0.25, 0.3) is 5.78 Å². The Balaban J connectivity index is 1.65. The van der Waals surface area contributed by atoms with Crippen molar-refractivity contribution in [2.75, 3.05) is 0 Å². The zero-order valence-corrected chi connectivity index (χ0v) is 13.9. The lowest BCUT2D eigenvalue weighted by molar-refractivity contribution is 0.0940. The van der Waals surface area contributed by atoms with Crippen LogP contribution in [0, 0.1) is 6.92 Å². The van der Waals surface area contributed by atoms with Crippen LogP contribution in [0.5, 0.6) is 5.75 Å². The molecule has 124 valence electrons. The summed E-state index contributed by atoms with van der Waals surface area (Å²) in [5.74, 6) is 0.998. The zero-order valence-electron chi connectivity index (χ0n) is 13.9. The minimum Gasteiger partial charge on any atom is -0.491 e. The molecule has 0 saturated carbocycles. The second-order valence-corrected chi connectivity index (χ2v) is 5.73. The highest BCUT2D eigenvalue weighted by molar-refractivity contribution is 5.90. The second kappa shape index (κ2) is 6.66. The summed E-state index contributed by atoms with van der Waals surface area (Å²) in [7, 11) is 0. The molecule has 24 heavy (non-hydrogen) atoms. The van der Waals surface area contributed by atoms with E-state index in [2.05, 4.69) is 20.4 Å². The van der Waals surface area contributed by atoms with Gasteiger partial charge in [0.2, 0.25) is 5.82 Å². The third kappa shape index (κ3) is 3.51. The van der Waals surface area contributed by atoms with E-state index in [9.17, 15) is 4.79 Å². The van der Waals surface area contributed by atoms with E-state index in [1.807, 2.05) is 51.1 Å². The molecule has 7 nitrogen and oxygen atoms in total. The van der Waals surface area contributed by atoms with Gasteiger partial charge in [-0.15, -0.1) is 5.10 Å². The summed E-state index contributed by atoms with van der Waals surface area (Å²) in [6, 6.07) is 9.42. The Hall–Kier alpha value is -2.96. The van der Waals surface area contributed by atoms with Crippen molar-refractivity contribution in [2.24, 2.45) is 0 Å². The highest BCUT2D eigenvalue weighted by atomic mass is 16.5. The number of hydrogen-bond donors (Lipinski definition) is 1. The van der Waals surface area contributed by atoms with Crippen LogP contribution in [0.2, 0.25) is 0 Å². The Bertz CT molecular complexity index is 855. The van der Waals surface area contributed by atoms with Gasteiger partial charge in [0.05, 0.1) is 6.10 Å². The van der Waals surface area contributed by atoms with Crippen molar-refractivity contribution in [1.82, 2.24) is 24.9 Å². The molecule has 1 amide bonds. The predicted molar refractivity (Wildman–Crippen MR) is 88.9 cm³/mol. The van der Waals surface area contributed by atoms with E-state index in [1.54, 1.807) is 10.7 Å². The Morgan fingerprint density at radius 2 is 2.00 bits per heavy atom. The molecule has 0 radical (unpaired) electrons. The second-order valence-electron chi connectivity index (χ2n) is 5.73. The fraction of sp³-hybridized carbons (Fsp3) is 0.294. The first-order valence-corrected chi connectivity index (χ1v) is 7.75. The summed E-state index contributed by atoms with van der Waals surface area (Å²) in [4.78, 5) is 20.4. The van der Waals surface area contributed by atoms with Gasteiger partial charge in [0.1, 0.15) is 5.75 Å². The topological polar surface area (TPSA) is 81.4 Å². The lowest BCUT2D eigenvalue weighted by Gasteiger charge is -2.10. The predicted octanol–water partition coefficient (Wildman–Crippen LogP) is 2.15. The van der Waals surface area contributed by atoms with Gasteiger partial charge in [0, 0.05) is 18.4 Å². The Kier molecular flexibility index (Phi) is 4.41. The molecule has 0 spiro atoms. The summed E-state index contributed by atoms with van der Waals surface area (Å²) < 4.78 is 7.14. The first-order valence-electron chi connectivity index (χ1n) is 7.75. The molecule has 0 unspecified atom stereocenters. The molecular weight excluding hydrogens is 306 g/mol. The van der Waals surface area contributed by atoms with Gasteiger partial charge in [-0.3, -0.25) is 4.79 Å². The highest BCUT2D eigenvalue weighted by Crippen LogP contribution is 2.13. The van der Waals surface area contributed by atoms with E-state index in [-0.39, 0.29) is 17.8 Å². The number of rotatable bonds is 5. The number of hydrogen-bond acceptors (Lipinski definition) is 5. The fourth-order valence-corrected chi connectivity index (χ4v) is 2.22. The van der Waals surface area contributed by atoms with Crippen LogP contribution in [-0.4, -0.2) is 31.6 Å². The third-order valence-electron chi connectivity index (χ3n) is 3.38. The maximum Gasteiger partial charge on any atom is 0.291 e. The molecule has 0 atom stereocenters. The lowest BCUT2D eigenvalue weighted by Crippen LogP contribution is -2.24. The largest absolute Gasteiger partial charge is 0.491 e. The summed E-state index contributed by atoms with van der Waals surface area (Å²) in [5.41, 5.74) is 1.84. The van der Waals surface area contributed by atoms with E-state index >= 15 is 0 Å². The number of ether oxygens (including phenoxy) is 1. The van der Waals surface area contributed by atoms with E-state index in [0.29, 0.717) is 12.3 Å². The van der Waals surface area contributed by atoms with E-state index in [1.165, 1.54) is 0 Å². The monoisotopic (exact) mass is 325 g/mol. The number of fused-ring (bicyclic) bond motifs is 1. The Morgan fingerprint density at radius 3 is 2.67 bits per heavy atom. The number of amides is 1. The van der Waals surface area contributed by atoms with Crippen molar-refractivity contribution < 1.29 is 9.53 Å². The van der Waals surface area contributed by atoms with Crippen LogP contribution in [0.15, 0.2) is 36.5 Å². The quantitative estimate of drug-likeness (QED) is 0.777. The Labute approximate surface area is 139 Å². The molecule has 3 aromatic rings. The van der Waals surface area contributed by atoms with Crippen LogP contribution >= 0.6 is 0 Å². The number of aryl methyl sites for hydroxylation is 1. The van der Waals surface area contributed by atoms with Gasteiger partial charge in [-0.1, -0.05) is 12.1 Å². The number of carbonyl (C=O) groups is 1. The average molecular weight is 325 g/mol. The molecule has 0 aliphatic carbocycles. The van der Waals surface area contributed by atoms with E-state index < -0.39 is 0 Å². The normalized spacial score (nSPS) is 11.0. The van der Waals surface area contributed by atoms with Gasteiger partial charge in [-0.25, -0.2) is 9.50 Å². The number of nitrogens with zero attached hydrogens (tertiary/aromatic N) is 4. The van der Waals surface area contributed by atoms with Crippen molar-refractivity contribution >= 4 is 11.7 Å². The lowest BCUT2D eigenvalue weighted by atomic mass is 10.2. The molecule has 0 bridgehead atoms. The van der Waals surface area contributed by atoms with Crippen LogP contribution in [0.3, 0.4) is 0 Å².